The highest BCUT2D eigenvalue weighted by molar-refractivity contribution is 6.33. The average molecular weight is 332 g/mol. The van der Waals surface area contributed by atoms with E-state index in [1.807, 2.05) is 0 Å². The zero-order chi connectivity index (χ0) is 15.2. The molecule has 2 aromatic heterocycles. The Morgan fingerprint density at radius 1 is 1.14 bits per heavy atom. The van der Waals surface area contributed by atoms with E-state index in [2.05, 4.69) is 10.1 Å². The summed E-state index contributed by atoms with van der Waals surface area (Å²) in [5.74, 6) is -0.440. The summed E-state index contributed by atoms with van der Waals surface area (Å²) < 4.78 is 40.9. The van der Waals surface area contributed by atoms with Crippen LogP contribution in [-0.4, -0.2) is 14.6 Å². The summed E-state index contributed by atoms with van der Waals surface area (Å²) in [5, 5.41) is 0.196. The van der Waals surface area contributed by atoms with E-state index in [0.29, 0.717) is 5.56 Å². The molecule has 2 heterocycles. The summed E-state index contributed by atoms with van der Waals surface area (Å²) in [4.78, 5) is 4.16. The number of rotatable bonds is 2. The second-order valence-electron chi connectivity index (χ2n) is 4.26. The van der Waals surface area contributed by atoms with Gasteiger partial charge in [0.2, 0.25) is 0 Å². The first kappa shape index (κ1) is 14.2. The van der Waals surface area contributed by atoms with Gasteiger partial charge in [0, 0.05) is 5.56 Å². The zero-order valence-electron chi connectivity index (χ0n) is 10.2. The maximum absolute atomic E-state index is 13.5. The fraction of sp³-hybridized carbons (Fsp3) is 0.0769. The fourth-order valence-corrected chi connectivity index (χ4v) is 2.21. The molecule has 0 amide bonds. The third-order valence-corrected chi connectivity index (χ3v) is 3.32. The fourth-order valence-electron chi connectivity index (χ4n) is 1.91. The van der Waals surface area contributed by atoms with Gasteiger partial charge in [-0.25, -0.2) is 13.9 Å². The molecule has 0 unspecified atom stereocenters. The smallest absolute Gasteiger partial charge is 0.227 e. The van der Waals surface area contributed by atoms with Gasteiger partial charge in [-0.1, -0.05) is 11.6 Å². The molecule has 0 atom stereocenters. The van der Waals surface area contributed by atoms with Crippen LogP contribution in [0.5, 0.6) is 0 Å². The first-order valence-electron chi connectivity index (χ1n) is 5.73. The molecule has 21 heavy (non-hydrogen) atoms. The lowest BCUT2D eigenvalue weighted by Crippen LogP contribution is -2.12. The highest BCUT2D eigenvalue weighted by atomic mass is 35.5. The van der Waals surface area contributed by atoms with E-state index in [9.17, 15) is 13.2 Å². The van der Waals surface area contributed by atoms with Gasteiger partial charge in [-0.3, -0.25) is 0 Å². The Balaban J connectivity index is 2.29. The Morgan fingerprint density at radius 3 is 2.43 bits per heavy atom. The van der Waals surface area contributed by atoms with Crippen molar-refractivity contribution < 1.29 is 13.2 Å². The van der Waals surface area contributed by atoms with Gasteiger partial charge in [0.05, 0.1) is 11.9 Å². The van der Waals surface area contributed by atoms with E-state index >= 15 is 0 Å². The van der Waals surface area contributed by atoms with Crippen LogP contribution in [0.3, 0.4) is 0 Å². The van der Waals surface area contributed by atoms with Crippen LogP contribution in [-0.2, 0) is 5.38 Å². The Labute approximate surface area is 126 Å². The monoisotopic (exact) mass is 331 g/mol. The molecule has 8 heteroatoms. The van der Waals surface area contributed by atoms with Crippen LogP contribution in [0.25, 0.3) is 16.9 Å². The van der Waals surface area contributed by atoms with Gasteiger partial charge in [0.15, 0.2) is 5.65 Å². The molecule has 0 aliphatic heterocycles. The Kier molecular flexibility index (Phi) is 3.30. The summed E-state index contributed by atoms with van der Waals surface area (Å²) in [6.45, 7) is 0. The number of aromatic nitrogens is 3. The molecule has 108 valence electrons. The molecule has 1 aromatic carbocycles. The molecule has 0 saturated carbocycles. The van der Waals surface area contributed by atoms with Crippen LogP contribution < -0.4 is 0 Å². The number of halogens is 5. The van der Waals surface area contributed by atoms with Crippen molar-refractivity contribution in [3.8, 4) is 11.3 Å². The lowest BCUT2D eigenvalue weighted by Gasteiger charge is -2.12. The van der Waals surface area contributed by atoms with Crippen molar-refractivity contribution in [1.29, 1.82) is 0 Å². The minimum Gasteiger partial charge on any atom is -0.227 e. The van der Waals surface area contributed by atoms with Crippen molar-refractivity contribution in [3.63, 3.8) is 0 Å². The van der Waals surface area contributed by atoms with Crippen molar-refractivity contribution in [3.05, 3.63) is 53.1 Å². The Bertz CT molecular complexity index is 810. The second kappa shape index (κ2) is 4.89. The molecule has 0 N–H and O–H groups in total. The lowest BCUT2D eigenvalue weighted by atomic mass is 10.1. The van der Waals surface area contributed by atoms with Gasteiger partial charge in [-0.15, -0.1) is 0 Å². The average Bonchev–Trinajstić information content (AvgIpc) is 2.79. The number of hydrogen-bond acceptors (Lipinski definition) is 2. The van der Waals surface area contributed by atoms with Crippen molar-refractivity contribution in [1.82, 2.24) is 14.6 Å². The number of nitrogens with zero attached hydrogens (tertiary/aromatic N) is 3. The van der Waals surface area contributed by atoms with Crippen molar-refractivity contribution in [2.45, 2.75) is 5.38 Å². The number of alkyl halides is 3. The van der Waals surface area contributed by atoms with Crippen LogP contribution in [0, 0.1) is 5.82 Å². The van der Waals surface area contributed by atoms with E-state index in [0.717, 1.165) is 10.6 Å². The Hall–Kier alpha value is -1.79. The Morgan fingerprint density at radius 2 is 1.81 bits per heavy atom. The first-order chi connectivity index (χ1) is 9.86. The molecule has 0 fully saturated rings. The largest absolute Gasteiger partial charge is 0.364 e. The van der Waals surface area contributed by atoms with Crippen molar-refractivity contribution >= 4 is 28.8 Å². The third kappa shape index (κ3) is 2.56. The minimum absolute atomic E-state index is 0.0498. The van der Waals surface area contributed by atoms with Crippen molar-refractivity contribution in [2.75, 3.05) is 0 Å². The molecular weight excluding hydrogens is 326 g/mol. The predicted molar refractivity (Wildman–Crippen MR) is 73.1 cm³/mol. The van der Waals surface area contributed by atoms with Gasteiger partial charge in [-0.2, -0.15) is 13.9 Å². The molecule has 3 aromatic rings. The van der Waals surface area contributed by atoms with E-state index < -0.39 is 16.9 Å². The maximum atomic E-state index is 13.5. The lowest BCUT2D eigenvalue weighted by molar-refractivity contribution is 0.0873. The highest BCUT2D eigenvalue weighted by Gasteiger charge is 2.33. The second-order valence-corrected chi connectivity index (χ2v) is 5.14. The van der Waals surface area contributed by atoms with E-state index in [4.69, 9.17) is 23.2 Å². The summed E-state index contributed by atoms with van der Waals surface area (Å²) in [6.07, 6.45) is 1.20. The summed E-state index contributed by atoms with van der Waals surface area (Å²) >= 11 is 11.0. The third-order valence-electron chi connectivity index (χ3n) is 2.86. The van der Waals surface area contributed by atoms with E-state index in [-0.39, 0.29) is 16.4 Å². The summed E-state index contributed by atoms with van der Waals surface area (Å²) in [6, 6.07) is 6.36. The van der Waals surface area contributed by atoms with Crippen LogP contribution in [0.2, 0.25) is 5.02 Å². The molecule has 3 nitrogen and oxygen atoms in total. The first-order valence-corrected chi connectivity index (χ1v) is 6.49. The molecule has 0 bridgehead atoms. The minimum atomic E-state index is -3.65. The zero-order valence-corrected chi connectivity index (χ0v) is 11.7. The summed E-state index contributed by atoms with van der Waals surface area (Å²) in [7, 11) is 0. The predicted octanol–water partition coefficient (Wildman–Crippen LogP) is 4.48. The SMILES string of the molecule is Fc1ccc(-c2cc(C(F)(F)Cl)n3ncc(Cl)c3n2)cc1. The standard InChI is InChI=1S/C13H6Cl2F3N3/c14-9-6-19-21-11(13(15,17)18)5-10(20-12(9)21)7-1-3-8(16)4-2-7/h1-6H. The van der Waals surface area contributed by atoms with Gasteiger partial charge in [0.25, 0.3) is 0 Å². The van der Waals surface area contributed by atoms with Crippen LogP contribution in [0.4, 0.5) is 13.2 Å². The molecular formula is C13H6Cl2F3N3. The van der Waals surface area contributed by atoms with Gasteiger partial charge < -0.3 is 0 Å². The molecule has 0 saturated heterocycles. The molecule has 0 aliphatic carbocycles. The topological polar surface area (TPSA) is 30.2 Å². The summed E-state index contributed by atoms with van der Waals surface area (Å²) in [5.41, 5.74) is 0.132. The highest BCUT2D eigenvalue weighted by Crippen LogP contribution is 2.35. The molecule has 0 radical (unpaired) electrons. The van der Waals surface area contributed by atoms with Crippen LogP contribution >= 0.6 is 23.2 Å². The molecule has 0 aliphatic rings. The van der Waals surface area contributed by atoms with Gasteiger partial charge in [0.1, 0.15) is 16.5 Å². The van der Waals surface area contributed by atoms with E-state index in [1.165, 1.54) is 30.5 Å². The number of fused-ring (bicyclic) bond motifs is 1. The van der Waals surface area contributed by atoms with E-state index in [1.54, 1.807) is 0 Å². The number of benzene rings is 1. The quantitative estimate of drug-likeness (QED) is 0.648. The van der Waals surface area contributed by atoms with Crippen LogP contribution in [0.1, 0.15) is 5.69 Å². The number of hydrogen-bond donors (Lipinski definition) is 0. The normalized spacial score (nSPS) is 12.0. The molecule has 0 spiro atoms. The molecule has 3 rings (SSSR count). The van der Waals surface area contributed by atoms with Crippen LogP contribution in [0.15, 0.2) is 36.5 Å². The van der Waals surface area contributed by atoms with Gasteiger partial charge >= 0.3 is 5.38 Å². The maximum Gasteiger partial charge on any atom is 0.364 e. The van der Waals surface area contributed by atoms with Crippen molar-refractivity contribution in [2.24, 2.45) is 0 Å². The van der Waals surface area contributed by atoms with Gasteiger partial charge in [-0.05, 0) is 41.9 Å².